The topological polar surface area (TPSA) is 122 Å². The van der Waals surface area contributed by atoms with Gasteiger partial charge >= 0.3 is 0 Å². The van der Waals surface area contributed by atoms with Crippen LogP contribution < -0.4 is 5.90 Å². The van der Waals surface area contributed by atoms with Crippen LogP contribution in [0.25, 0.3) is 0 Å². The summed E-state index contributed by atoms with van der Waals surface area (Å²) < 4.78 is 0. The van der Waals surface area contributed by atoms with E-state index in [0.717, 1.165) is 0 Å². The van der Waals surface area contributed by atoms with E-state index in [1.54, 1.807) is 31.2 Å². The summed E-state index contributed by atoms with van der Waals surface area (Å²) in [4.78, 5) is 32.4. The summed E-state index contributed by atoms with van der Waals surface area (Å²) in [5.74, 6) is 3.60. The van der Waals surface area contributed by atoms with Crippen molar-refractivity contribution in [2.75, 3.05) is 13.2 Å². The van der Waals surface area contributed by atoms with Gasteiger partial charge in [0.1, 0.15) is 6.61 Å². The lowest BCUT2D eigenvalue weighted by molar-refractivity contribution is -0.113. The number of hydrogen-bond acceptors (Lipinski definition) is 7. The van der Waals surface area contributed by atoms with Crippen LogP contribution in [-0.2, 0) is 9.68 Å². The molecule has 0 aromatic heterocycles. The molecule has 2 atom stereocenters. The molecule has 8 nitrogen and oxygen atoms in total. The van der Waals surface area contributed by atoms with E-state index < -0.39 is 24.0 Å². The van der Waals surface area contributed by atoms with Crippen LogP contribution in [0.1, 0.15) is 34.6 Å². The van der Waals surface area contributed by atoms with Crippen molar-refractivity contribution in [3.8, 4) is 0 Å². The minimum Gasteiger partial charge on any atom is -0.391 e. The molecule has 9 heteroatoms. The van der Waals surface area contributed by atoms with Gasteiger partial charge in [-0.15, -0.1) is 17.5 Å². The molecular formula is C14H21ClN2O6. The number of nitrogens with two attached hydrogens (primary N) is 1. The Balaban J connectivity index is 0.000000599. The van der Waals surface area contributed by atoms with Gasteiger partial charge in [-0.1, -0.05) is 12.1 Å². The van der Waals surface area contributed by atoms with Crippen LogP contribution >= 0.6 is 12.4 Å². The van der Waals surface area contributed by atoms with Gasteiger partial charge in [0.25, 0.3) is 11.8 Å². The van der Waals surface area contributed by atoms with Gasteiger partial charge in [0, 0.05) is 0 Å². The molecule has 4 N–H and O–H groups in total. The van der Waals surface area contributed by atoms with Gasteiger partial charge in [-0.2, -0.15) is 0 Å². The lowest BCUT2D eigenvalue weighted by Gasteiger charge is -2.14. The van der Waals surface area contributed by atoms with Crippen molar-refractivity contribution >= 4 is 24.2 Å². The van der Waals surface area contributed by atoms with Gasteiger partial charge in [0.05, 0.1) is 29.9 Å². The second-order valence-corrected chi connectivity index (χ2v) is 4.78. The molecular weight excluding hydrogens is 328 g/mol. The zero-order valence-corrected chi connectivity index (χ0v) is 13.7. The maximum atomic E-state index is 11.7. The van der Waals surface area contributed by atoms with Crippen LogP contribution in [0, 0.1) is 0 Å². The quantitative estimate of drug-likeness (QED) is 0.515. The number of benzene rings is 1. The summed E-state index contributed by atoms with van der Waals surface area (Å²) in [7, 11) is 0. The Morgan fingerprint density at radius 3 is 1.78 bits per heavy atom. The number of hydroxylamine groups is 2. The Bertz CT molecular complexity index is 489. The maximum absolute atomic E-state index is 11.7. The number of amides is 2. The second-order valence-electron chi connectivity index (χ2n) is 4.78. The first-order valence-electron chi connectivity index (χ1n) is 6.67. The first kappa shape index (κ1) is 21.4. The zero-order chi connectivity index (χ0) is 16.7. The van der Waals surface area contributed by atoms with Crippen LogP contribution in [-0.4, -0.2) is 52.5 Å². The summed E-state index contributed by atoms with van der Waals surface area (Å²) in [6, 6.07) is 6.51. The highest BCUT2D eigenvalue weighted by Gasteiger charge is 2.36. The van der Waals surface area contributed by atoms with Crippen LogP contribution in [0.5, 0.6) is 0 Å². The molecule has 1 heterocycles. The number of carbonyl (C=O) groups is 2. The highest BCUT2D eigenvalue weighted by atomic mass is 35.5. The highest BCUT2D eigenvalue weighted by Crippen LogP contribution is 2.22. The van der Waals surface area contributed by atoms with Gasteiger partial charge in [-0.25, -0.2) is 5.90 Å². The molecule has 0 aliphatic carbocycles. The minimum absolute atomic E-state index is 0. The zero-order valence-electron chi connectivity index (χ0n) is 12.8. The van der Waals surface area contributed by atoms with Gasteiger partial charge in [0.2, 0.25) is 0 Å². The number of aliphatic hydroxyl groups excluding tert-OH is 2. The summed E-state index contributed by atoms with van der Waals surface area (Å²) >= 11 is 0. The molecule has 0 saturated carbocycles. The molecule has 2 rings (SSSR count). The van der Waals surface area contributed by atoms with E-state index in [0.29, 0.717) is 16.2 Å². The van der Waals surface area contributed by atoms with E-state index in [-0.39, 0.29) is 25.6 Å². The summed E-state index contributed by atoms with van der Waals surface area (Å²) in [6.45, 7) is 3.23. The fourth-order valence-corrected chi connectivity index (χ4v) is 1.61. The Morgan fingerprint density at radius 2 is 1.48 bits per heavy atom. The molecule has 0 radical (unpaired) electrons. The average molecular weight is 349 g/mol. The summed E-state index contributed by atoms with van der Waals surface area (Å²) in [6.07, 6.45) is -1.18. The van der Waals surface area contributed by atoms with Gasteiger partial charge in [-0.05, 0) is 26.0 Å². The number of halogens is 1. The summed E-state index contributed by atoms with van der Waals surface area (Å²) in [5, 5.41) is 18.1. The normalized spacial score (nSPS) is 15.3. The van der Waals surface area contributed by atoms with Crippen molar-refractivity contribution in [3.05, 3.63) is 35.4 Å². The lowest BCUT2D eigenvalue weighted by Crippen LogP contribution is -2.32. The van der Waals surface area contributed by atoms with Crippen molar-refractivity contribution in [1.29, 1.82) is 0 Å². The van der Waals surface area contributed by atoms with Gasteiger partial charge in [0.15, 0.2) is 0 Å². The SMILES string of the molecule is C[C@H](O)CON.C[C@H](O)CON1C(=O)c2ccccc2C1=O.Cl. The third-order valence-electron chi connectivity index (χ3n) is 2.54. The van der Waals surface area contributed by atoms with Crippen molar-refractivity contribution < 1.29 is 29.5 Å². The second kappa shape index (κ2) is 10.3. The first-order chi connectivity index (χ1) is 10.4. The number of hydrogen-bond donors (Lipinski definition) is 3. The van der Waals surface area contributed by atoms with E-state index >= 15 is 0 Å². The highest BCUT2D eigenvalue weighted by molar-refractivity contribution is 6.20. The van der Waals surface area contributed by atoms with E-state index in [1.165, 1.54) is 6.92 Å². The van der Waals surface area contributed by atoms with Crippen LogP contribution in [0.2, 0.25) is 0 Å². The van der Waals surface area contributed by atoms with Crippen LogP contribution in [0.15, 0.2) is 24.3 Å². The monoisotopic (exact) mass is 348 g/mol. The van der Waals surface area contributed by atoms with E-state index in [2.05, 4.69) is 10.7 Å². The summed E-state index contributed by atoms with van der Waals surface area (Å²) in [5.41, 5.74) is 0.663. The number of rotatable bonds is 5. The molecule has 1 aromatic rings. The minimum atomic E-state index is -0.732. The molecule has 1 aliphatic rings. The smallest absolute Gasteiger partial charge is 0.285 e. The number of aliphatic hydroxyl groups is 2. The van der Waals surface area contributed by atoms with Crippen molar-refractivity contribution in [2.45, 2.75) is 26.1 Å². The van der Waals surface area contributed by atoms with Crippen molar-refractivity contribution in [3.63, 3.8) is 0 Å². The van der Waals surface area contributed by atoms with E-state index in [4.69, 9.17) is 15.1 Å². The van der Waals surface area contributed by atoms with Crippen LogP contribution in [0.3, 0.4) is 0 Å². The number of imide groups is 1. The van der Waals surface area contributed by atoms with Crippen molar-refractivity contribution in [1.82, 2.24) is 5.06 Å². The van der Waals surface area contributed by atoms with Gasteiger partial charge in [-0.3, -0.25) is 14.4 Å². The molecule has 130 valence electrons. The number of nitrogens with zero attached hydrogens (tertiary/aromatic N) is 1. The Kier molecular flexibility index (Phi) is 9.58. The molecule has 0 spiro atoms. The fourth-order valence-electron chi connectivity index (χ4n) is 1.61. The fraction of sp³-hybridized carbons (Fsp3) is 0.429. The predicted octanol–water partition coefficient (Wildman–Crippen LogP) is 0.274. The van der Waals surface area contributed by atoms with Crippen molar-refractivity contribution in [2.24, 2.45) is 5.90 Å². The van der Waals surface area contributed by atoms with E-state index in [1.807, 2.05) is 0 Å². The lowest BCUT2D eigenvalue weighted by atomic mass is 10.1. The molecule has 23 heavy (non-hydrogen) atoms. The average Bonchev–Trinajstić information content (AvgIpc) is 2.70. The molecule has 0 saturated heterocycles. The first-order valence-corrected chi connectivity index (χ1v) is 6.67. The Labute approximate surface area is 140 Å². The molecule has 0 fully saturated rings. The van der Waals surface area contributed by atoms with Gasteiger partial charge < -0.3 is 15.1 Å². The standard InChI is InChI=1S/C11H11NO4.C3H9NO2.ClH/c1-7(13)6-16-12-10(14)8-4-2-3-5-9(8)11(12)15;1-3(5)2-6-4;/h2-5,7,13H,6H2,1H3;3,5H,2,4H2,1H3;1H/t7-;3-;/m00./s1. The third-order valence-corrected chi connectivity index (χ3v) is 2.54. The molecule has 2 amide bonds. The van der Waals surface area contributed by atoms with Crippen LogP contribution in [0.4, 0.5) is 0 Å². The maximum Gasteiger partial charge on any atom is 0.285 e. The number of carbonyl (C=O) groups excluding carboxylic acids is 2. The third kappa shape index (κ3) is 6.22. The Hall–Kier alpha value is -1.55. The molecule has 1 aliphatic heterocycles. The number of fused-ring (bicyclic) bond motifs is 1. The predicted molar refractivity (Wildman–Crippen MR) is 83.6 cm³/mol. The molecule has 1 aromatic carbocycles. The Morgan fingerprint density at radius 1 is 1.04 bits per heavy atom. The molecule has 0 bridgehead atoms. The largest absolute Gasteiger partial charge is 0.391 e. The van der Waals surface area contributed by atoms with E-state index in [9.17, 15) is 9.59 Å². The molecule has 0 unspecified atom stereocenters.